The average molecular weight is 421 g/mol. The quantitative estimate of drug-likeness (QED) is 0.331. The Morgan fingerprint density at radius 1 is 1.07 bits per heavy atom. The largest absolute Gasteiger partial charge is 0.462 e. The molecule has 1 saturated carbocycles. The Morgan fingerprint density at radius 2 is 1.66 bits per heavy atom. The maximum Gasteiger partial charge on any atom is 0.302 e. The molecule has 0 bridgehead atoms. The second kappa shape index (κ2) is 10.2. The van der Waals surface area contributed by atoms with Gasteiger partial charge in [0.25, 0.3) is 0 Å². The van der Waals surface area contributed by atoms with Crippen LogP contribution in [0.15, 0.2) is 30.3 Å². The van der Waals surface area contributed by atoms with Crippen molar-refractivity contribution in [3.63, 3.8) is 0 Å². The van der Waals surface area contributed by atoms with E-state index in [0.717, 1.165) is 19.3 Å². The van der Waals surface area contributed by atoms with Gasteiger partial charge in [0.05, 0.1) is 13.2 Å². The summed E-state index contributed by atoms with van der Waals surface area (Å²) in [5.41, 5.74) is 2.13. The molecule has 0 radical (unpaired) electrons. The lowest BCUT2D eigenvalue weighted by Crippen LogP contribution is -2.56. The maximum atomic E-state index is 11.3. The van der Waals surface area contributed by atoms with Gasteiger partial charge in [0.2, 0.25) is 8.32 Å². The normalized spacial score (nSPS) is 20.4. The lowest BCUT2D eigenvalue weighted by Gasteiger charge is -2.51. The zero-order valence-corrected chi connectivity index (χ0v) is 20.4. The average Bonchev–Trinajstić information content (AvgIpc) is 3.05. The van der Waals surface area contributed by atoms with Crippen molar-refractivity contribution < 1.29 is 18.7 Å². The highest BCUT2D eigenvalue weighted by atomic mass is 28.4. The van der Waals surface area contributed by atoms with Gasteiger partial charge in [-0.2, -0.15) is 0 Å². The van der Waals surface area contributed by atoms with Crippen molar-refractivity contribution in [2.75, 3.05) is 6.61 Å². The zero-order valence-electron chi connectivity index (χ0n) is 19.4. The van der Waals surface area contributed by atoms with E-state index in [1.807, 2.05) is 18.2 Å². The Labute approximate surface area is 178 Å². The monoisotopic (exact) mass is 420 g/mol. The summed E-state index contributed by atoms with van der Waals surface area (Å²) in [6.07, 6.45) is 2.85. The van der Waals surface area contributed by atoms with Crippen LogP contribution in [-0.2, 0) is 25.3 Å². The molecule has 1 aromatic carbocycles. The van der Waals surface area contributed by atoms with Crippen LogP contribution in [0.4, 0.5) is 0 Å². The molecule has 0 aliphatic heterocycles. The van der Waals surface area contributed by atoms with Crippen molar-refractivity contribution >= 4 is 14.3 Å². The van der Waals surface area contributed by atoms with Crippen molar-refractivity contribution in [1.29, 1.82) is 0 Å². The van der Waals surface area contributed by atoms with Gasteiger partial charge in [-0.25, -0.2) is 0 Å². The maximum absolute atomic E-state index is 11.3. The first-order chi connectivity index (χ1) is 13.6. The van der Waals surface area contributed by atoms with E-state index in [-0.39, 0.29) is 23.2 Å². The first kappa shape index (κ1) is 24.1. The fraction of sp³-hybridized carbons (Fsp3) is 0.708. The van der Waals surface area contributed by atoms with E-state index in [4.69, 9.17) is 13.9 Å². The van der Waals surface area contributed by atoms with Crippen LogP contribution in [-0.4, -0.2) is 33.1 Å². The van der Waals surface area contributed by atoms with Crippen molar-refractivity contribution in [2.45, 2.75) is 103 Å². The summed E-state index contributed by atoms with van der Waals surface area (Å²) in [7, 11) is -2.22. The molecule has 5 heteroatoms. The third-order valence-electron chi connectivity index (χ3n) is 6.38. The fourth-order valence-electron chi connectivity index (χ4n) is 5.40. The molecule has 1 fully saturated rings. The van der Waals surface area contributed by atoms with E-state index >= 15 is 0 Å². The SMILES string of the molecule is CC(=O)OC1CCC(O[Si](C(C)C)(C(C)C)C(C)(C)COCc2ccccc2)C1. The molecule has 0 aromatic heterocycles. The van der Waals surface area contributed by atoms with Crippen LogP contribution in [0.1, 0.15) is 73.3 Å². The van der Waals surface area contributed by atoms with Crippen LogP contribution < -0.4 is 0 Å². The molecular weight excluding hydrogens is 380 g/mol. The summed E-state index contributed by atoms with van der Waals surface area (Å²) >= 11 is 0. The molecule has 2 unspecified atom stereocenters. The summed E-state index contributed by atoms with van der Waals surface area (Å²) in [6, 6.07) is 10.3. The molecule has 164 valence electrons. The van der Waals surface area contributed by atoms with Gasteiger partial charge < -0.3 is 13.9 Å². The van der Waals surface area contributed by atoms with Crippen LogP contribution in [0.25, 0.3) is 0 Å². The number of carbonyl (C=O) groups is 1. The number of carbonyl (C=O) groups excluding carboxylic acids is 1. The predicted molar refractivity (Wildman–Crippen MR) is 120 cm³/mol. The van der Waals surface area contributed by atoms with E-state index in [2.05, 4.69) is 53.7 Å². The Hall–Kier alpha value is -1.17. The Kier molecular flexibility index (Phi) is 8.50. The fourth-order valence-corrected chi connectivity index (χ4v) is 11.8. The minimum absolute atomic E-state index is 0.000896. The highest BCUT2D eigenvalue weighted by Crippen LogP contribution is 2.52. The molecule has 2 atom stereocenters. The van der Waals surface area contributed by atoms with Gasteiger partial charge in [-0.05, 0) is 29.5 Å². The second-order valence-corrected chi connectivity index (χ2v) is 15.2. The molecule has 2 rings (SSSR count). The van der Waals surface area contributed by atoms with Gasteiger partial charge in [-0.3, -0.25) is 4.79 Å². The Morgan fingerprint density at radius 3 is 2.21 bits per heavy atom. The van der Waals surface area contributed by atoms with Gasteiger partial charge in [0.1, 0.15) is 6.10 Å². The highest BCUT2D eigenvalue weighted by molar-refractivity contribution is 6.79. The van der Waals surface area contributed by atoms with Crippen LogP contribution >= 0.6 is 0 Å². The first-order valence-electron chi connectivity index (χ1n) is 11.0. The van der Waals surface area contributed by atoms with Gasteiger partial charge >= 0.3 is 5.97 Å². The summed E-state index contributed by atoms with van der Waals surface area (Å²) in [5, 5.41) is -0.0381. The van der Waals surface area contributed by atoms with Gasteiger partial charge in [-0.1, -0.05) is 71.9 Å². The molecule has 0 N–H and O–H groups in total. The van der Waals surface area contributed by atoms with Gasteiger partial charge in [-0.15, -0.1) is 0 Å². The highest BCUT2D eigenvalue weighted by Gasteiger charge is 2.55. The molecule has 29 heavy (non-hydrogen) atoms. The summed E-state index contributed by atoms with van der Waals surface area (Å²) in [5.74, 6) is -0.193. The molecule has 0 amide bonds. The van der Waals surface area contributed by atoms with Gasteiger partial charge in [0.15, 0.2) is 0 Å². The Bertz CT molecular complexity index is 634. The number of hydrogen-bond acceptors (Lipinski definition) is 4. The van der Waals surface area contributed by atoms with Crippen molar-refractivity contribution in [2.24, 2.45) is 0 Å². The molecule has 1 aliphatic rings. The number of hydrogen-bond donors (Lipinski definition) is 0. The molecule has 1 aliphatic carbocycles. The molecule has 0 heterocycles. The zero-order chi connectivity index (χ0) is 21.7. The Balaban J connectivity index is 2.11. The number of benzene rings is 1. The lowest BCUT2D eigenvalue weighted by atomic mass is 10.2. The van der Waals surface area contributed by atoms with Crippen LogP contribution in [0, 0.1) is 0 Å². The lowest BCUT2D eigenvalue weighted by molar-refractivity contribution is -0.146. The third-order valence-corrected chi connectivity index (χ3v) is 12.8. The predicted octanol–water partition coefficient (Wildman–Crippen LogP) is 6.25. The van der Waals surface area contributed by atoms with Crippen LogP contribution in [0.2, 0.25) is 16.1 Å². The van der Waals surface area contributed by atoms with E-state index in [0.29, 0.717) is 24.3 Å². The van der Waals surface area contributed by atoms with Crippen molar-refractivity contribution in [3.8, 4) is 0 Å². The standard InChI is InChI=1S/C24H40O4Si/c1-18(2)29(19(3)4,28-23-14-13-22(15-23)27-20(5)25)24(6,7)17-26-16-21-11-9-8-10-12-21/h8-12,18-19,22-23H,13-17H2,1-7H3. The van der Waals surface area contributed by atoms with Crippen molar-refractivity contribution in [3.05, 3.63) is 35.9 Å². The summed E-state index contributed by atoms with van der Waals surface area (Å²) < 4.78 is 18.7. The topological polar surface area (TPSA) is 44.8 Å². The number of rotatable bonds is 10. The van der Waals surface area contributed by atoms with Gasteiger partial charge in [0, 0.05) is 24.5 Å². The number of ether oxygens (including phenoxy) is 2. The molecular formula is C24H40O4Si. The summed E-state index contributed by atoms with van der Waals surface area (Å²) in [4.78, 5) is 11.3. The molecule has 1 aromatic rings. The molecule has 0 spiro atoms. The minimum atomic E-state index is -2.22. The minimum Gasteiger partial charge on any atom is -0.462 e. The van der Waals surface area contributed by atoms with E-state index in [1.54, 1.807) is 0 Å². The summed E-state index contributed by atoms with van der Waals surface area (Å²) in [6.45, 7) is 16.7. The molecule has 0 saturated heterocycles. The van der Waals surface area contributed by atoms with E-state index in [1.165, 1.54) is 12.5 Å². The number of esters is 1. The van der Waals surface area contributed by atoms with E-state index in [9.17, 15) is 4.79 Å². The molecule has 4 nitrogen and oxygen atoms in total. The second-order valence-electron chi connectivity index (χ2n) is 9.75. The van der Waals surface area contributed by atoms with Crippen LogP contribution in [0.5, 0.6) is 0 Å². The van der Waals surface area contributed by atoms with E-state index < -0.39 is 8.32 Å². The van der Waals surface area contributed by atoms with Crippen molar-refractivity contribution in [1.82, 2.24) is 0 Å². The van der Waals surface area contributed by atoms with Crippen LogP contribution in [0.3, 0.4) is 0 Å². The third kappa shape index (κ3) is 5.93. The smallest absolute Gasteiger partial charge is 0.302 e. The first-order valence-corrected chi connectivity index (χ1v) is 13.1.